The second kappa shape index (κ2) is 2.94. The molecule has 0 atom stereocenters. The van der Waals surface area contributed by atoms with Gasteiger partial charge in [0, 0.05) is 6.07 Å². The number of hydrogen-bond acceptors (Lipinski definition) is 1. The van der Waals surface area contributed by atoms with Gasteiger partial charge in [0.05, 0.1) is 11.4 Å². The van der Waals surface area contributed by atoms with Crippen molar-refractivity contribution in [1.82, 2.24) is 15.5 Å². The second-order valence-electron chi connectivity index (χ2n) is 2.89. The molecular formula is C10H9N3. The predicted octanol–water partition coefficient (Wildman–Crippen LogP) is 1.88. The molecule has 0 aliphatic rings. The summed E-state index contributed by atoms with van der Waals surface area (Å²) in [5, 5.41) is 4.15. The Morgan fingerprint density at radius 1 is 1.23 bits per heavy atom. The molecule has 0 fully saturated rings. The van der Waals surface area contributed by atoms with Crippen LogP contribution >= 0.6 is 0 Å². The van der Waals surface area contributed by atoms with Crippen LogP contribution in [0.25, 0.3) is 5.69 Å². The molecule has 0 bridgehead atoms. The fourth-order valence-corrected chi connectivity index (χ4v) is 1.25. The highest BCUT2D eigenvalue weighted by Gasteiger charge is 2.03. The lowest BCUT2D eigenvalue weighted by atomic mass is 10.3. The summed E-state index contributed by atoms with van der Waals surface area (Å²) in [6.07, 6.45) is 0. The van der Waals surface area contributed by atoms with Crippen LogP contribution in [0.4, 0.5) is 5.82 Å². The molecular weight excluding hydrogens is 162 g/mol. The van der Waals surface area contributed by atoms with E-state index >= 15 is 0 Å². The van der Waals surface area contributed by atoms with E-state index in [1.807, 2.05) is 37.3 Å². The lowest BCUT2D eigenvalue weighted by Crippen LogP contribution is -1.96. The maximum Gasteiger partial charge on any atom is 0.178 e. The molecule has 1 heterocycles. The maximum atomic E-state index is 9.49. The van der Waals surface area contributed by atoms with Crippen molar-refractivity contribution in [2.45, 2.75) is 6.92 Å². The summed E-state index contributed by atoms with van der Waals surface area (Å²) in [6.45, 7) is 1.85. The Bertz CT molecular complexity index is 403. The van der Waals surface area contributed by atoms with E-state index in [0.29, 0.717) is 0 Å². The molecule has 2 radical (unpaired) electrons. The van der Waals surface area contributed by atoms with Crippen molar-refractivity contribution in [2.24, 2.45) is 0 Å². The Labute approximate surface area is 76.8 Å². The van der Waals surface area contributed by atoms with E-state index in [-0.39, 0.29) is 5.82 Å². The summed E-state index contributed by atoms with van der Waals surface area (Å²) in [7, 11) is 0. The highest BCUT2D eigenvalue weighted by atomic mass is 15.3. The Hall–Kier alpha value is -1.77. The Morgan fingerprint density at radius 3 is 2.46 bits per heavy atom. The van der Waals surface area contributed by atoms with Crippen LogP contribution in [-0.4, -0.2) is 9.78 Å². The summed E-state index contributed by atoms with van der Waals surface area (Å²) in [6, 6.07) is 11.2. The molecule has 2 rings (SSSR count). The largest absolute Gasteiger partial charge is 0.213 e. The third-order valence-electron chi connectivity index (χ3n) is 1.81. The standard InChI is InChI=1S/C10H9N3/c1-8-7-10(11)13(12-8)9-5-3-2-4-6-9/h2-7H,1H3. The van der Waals surface area contributed by atoms with E-state index in [0.717, 1.165) is 11.4 Å². The minimum Gasteiger partial charge on any atom is -0.213 e. The van der Waals surface area contributed by atoms with Crippen LogP contribution < -0.4 is 5.73 Å². The molecule has 2 aromatic rings. The lowest BCUT2D eigenvalue weighted by Gasteiger charge is -2.00. The van der Waals surface area contributed by atoms with Crippen molar-refractivity contribution in [3.63, 3.8) is 0 Å². The number of hydrogen-bond donors (Lipinski definition) is 0. The first kappa shape index (κ1) is 7.86. The number of rotatable bonds is 1. The van der Waals surface area contributed by atoms with Crippen molar-refractivity contribution >= 4 is 5.82 Å². The second-order valence-corrected chi connectivity index (χ2v) is 2.89. The smallest absolute Gasteiger partial charge is 0.178 e. The molecule has 0 unspecified atom stereocenters. The van der Waals surface area contributed by atoms with Crippen molar-refractivity contribution in [3.8, 4) is 5.69 Å². The molecule has 1 aromatic heterocycles. The van der Waals surface area contributed by atoms with E-state index < -0.39 is 0 Å². The molecule has 0 saturated heterocycles. The highest BCUT2D eigenvalue weighted by Crippen LogP contribution is 2.14. The Kier molecular flexibility index (Phi) is 1.77. The monoisotopic (exact) mass is 171 g/mol. The van der Waals surface area contributed by atoms with Crippen molar-refractivity contribution < 1.29 is 0 Å². The van der Waals surface area contributed by atoms with Crippen LogP contribution in [0.1, 0.15) is 5.69 Å². The van der Waals surface area contributed by atoms with Crippen LogP contribution in [0.3, 0.4) is 0 Å². The minimum atomic E-state index is 0.170. The third-order valence-corrected chi connectivity index (χ3v) is 1.81. The quantitative estimate of drug-likeness (QED) is 0.645. The zero-order valence-electron chi connectivity index (χ0n) is 7.31. The lowest BCUT2D eigenvalue weighted by molar-refractivity contribution is 0.859. The average Bonchev–Trinajstić information content (AvgIpc) is 2.47. The van der Waals surface area contributed by atoms with Gasteiger partial charge in [-0.3, -0.25) is 0 Å². The van der Waals surface area contributed by atoms with Gasteiger partial charge < -0.3 is 0 Å². The Morgan fingerprint density at radius 2 is 1.92 bits per heavy atom. The van der Waals surface area contributed by atoms with Crippen molar-refractivity contribution in [3.05, 3.63) is 42.1 Å². The summed E-state index contributed by atoms with van der Waals surface area (Å²) < 4.78 is 1.51. The van der Waals surface area contributed by atoms with Gasteiger partial charge in [0.25, 0.3) is 0 Å². The topological polar surface area (TPSA) is 40.1 Å². The summed E-state index contributed by atoms with van der Waals surface area (Å²) in [5.41, 5.74) is 11.2. The first-order valence-electron chi connectivity index (χ1n) is 4.08. The van der Waals surface area contributed by atoms with Crippen LogP contribution in [-0.2, 0) is 0 Å². The number of nitrogens with zero attached hydrogens (tertiary/aromatic N) is 3. The first-order chi connectivity index (χ1) is 6.27. The van der Waals surface area contributed by atoms with Crippen LogP contribution in [0.2, 0.25) is 0 Å². The molecule has 0 amide bonds. The normalized spacial score (nSPS) is 10.2. The minimum absolute atomic E-state index is 0.170. The molecule has 0 aliphatic carbocycles. The summed E-state index contributed by atoms with van der Waals surface area (Å²) >= 11 is 0. The molecule has 3 nitrogen and oxygen atoms in total. The first-order valence-corrected chi connectivity index (χ1v) is 4.08. The van der Waals surface area contributed by atoms with Gasteiger partial charge in [-0.05, 0) is 19.1 Å². The fraction of sp³-hybridized carbons (Fsp3) is 0.100. The predicted molar refractivity (Wildman–Crippen MR) is 50.1 cm³/mol. The Balaban J connectivity index is 2.53. The van der Waals surface area contributed by atoms with Gasteiger partial charge in [-0.2, -0.15) is 5.10 Å². The molecule has 64 valence electrons. The van der Waals surface area contributed by atoms with Gasteiger partial charge in [-0.1, -0.05) is 18.2 Å². The van der Waals surface area contributed by atoms with Crippen molar-refractivity contribution in [1.29, 1.82) is 0 Å². The number of para-hydroxylation sites is 1. The van der Waals surface area contributed by atoms with Gasteiger partial charge in [0.1, 0.15) is 0 Å². The fourth-order valence-electron chi connectivity index (χ4n) is 1.25. The third kappa shape index (κ3) is 1.40. The van der Waals surface area contributed by atoms with E-state index in [9.17, 15) is 5.73 Å². The number of aromatic nitrogens is 2. The molecule has 0 spiro atoms. The average molecular weight is 171 g/mol. The van der Waals surface area contributed by atoms with E-state index in [4.69, 9.17) is 0 Å². The van der Waals surface area contributed by atoms with Gasteiger partial charge in [-0.25, -0.2) is 4.68 Å². The number of benzene rings is 1. The molecule has 13 heavy (non-hydrogen) atoms. The highest BCUT2D eigenvalue weighted by molar-refractivity contribution is 5.40. The molecule has 3 heteroatoms. The van der Waals surface area contributed by atoms with E-state index in [1.165, 1.54) is 4.68 Å². The van der Waals surface area contributed by atoms with Gasteiger partial charge in [-0.15, -0.1) is 5.73 Å². The van der Waals surface area contributed by atoms with E-state index in [2.05, 4.69) is 5.10 Å². The molecule has 1 aromatic carbocycles. The summed E-state index contributed by atoms with van der Waals surface area (Å²) in [5.74, 6) is 0.170. The molecule has 0 N–H and O–H groups in total. The summed E-state index contributed by atoms with van der Waals surface area (Å²) in [4.78, 5) is 0. The van der Waals surface area contributed by atoms with Gasteiger partial charge in [0.2, 0.25) is 0 Å². The number of aryl methyl sites for hydroxylation is 1. The van der Waals surface area contributed by atoms with Crippen LogP contribution in [0, 0.1) is 6.92 Å². The van der Waals surface area contributed by atoms with Crippen LogP contribution in [0.15, 0.2) is 36.4 Å². The maximum absolute atomic E-state index is 9.49. The molecule has 0 aliphatic heterocycles. The zero-order chi connectivity index (χ0) is 9.26. The van der Waals surface area contributed by atoms with Gasteiger partial charge >= 0.3 is 0 Å². The molecule has 0 saturated carbocycles. The zero-order valence-corrected chi connectivity index (χ0v) is 7.31. The van der Waals surface area contributed by atoms with Crippen LogP contribution in [0.5, 0.6) is 0 Å². The van der Waals surface area contributed by atoms with Crippen molar-refractivity contribution in [2.75, 3.05) is 0 Å². The van der Waals surface area contributed by atoms with Gasteiger partial charge in [0.15, 0.2) is 5.82 Å². The SMILES string of the molecule is Cc1cc([N])n(-c2ccccc2)n1. The van der Waals surface area contributed by atoms with E-state index in [1.54, 1.807) is 6.07 Å².